The van der Waals surface area contributed by atoms with Crippen molar-refractivity contribution in [2.75, 3.05) is 31.1 Å². The zero-order valence-electron chi connectivity index (χ0n) is 18.4. The lowest BCUT2D eigenvalue weighted by Gasteiger charge is -2.43. The first-order valence-electron chi connectivity index (χ1n) is 11.6. The van der Waals surface area contributed by atoms with E-state index in [-0.39, 0.29) is 35.6 Å². The lowest BCUT2D eigenvalue weighted by Crippen LogP contribution is -2.58. The Morgan fingerprint density at radius 3 is 2.50 bits per heavy atom. The van der Waals surface area contributed by atoms with E-state index in [1.807, 2.05) is 0 Å². The Kier molecular flexibility index (Phi) is 6.72. The van der Waals surface area contributed by atoms with E-state index in [1.54, 1.807) is 4.90 Å². The number of aromatic nitrogens is 2. The molecule has 0 spiro atoms. The van der Waals surface area contributed by atoms with Crippen molar-refractivity contribution in [2.24, 2.45) is 5.92 Å². The Morgan fingerprint density at radius 1 is 1.13 bits per heavy atom. The van der Waals surface area contributed by atoms with Gasteiger partial charge in [-0.25, -0.2) is 0 Å². The molecule has 1 aromatic rings. The van der Waals surface area contributed by atoms with Crippen molar-refractivity contribution < 1.29 is 9.59 Å². The van der Waals surface area contributed by atoms with Gasteiger partial charge in [-0.3, -0.25) is 14.5 Å². The van der Waals surface area contributed by atoms with Crippen molar-refractivity contribution >= 4 is 28.3 Å². The number of hydrogen-bond acceptors (Lipinski definition) is 6. The molecule has 2 amide bonds. The van der Waals surface area contributed by atoms with Crippen molar-refractivity contribution in [1.82, 2.24) is 20.4 Å². The van der Waals surface area contributed by atoms with Gasteiger partial charge in [0.2, 0.25) is 16.9 Å². The molecular weight excluding hydrogens is 398 g/mol. The highest BCUT2D eigenvalue weighted by Gasteiger charge is 2.41. The number of nitrogens with one attached hydrogen (secondary N) is 1. The molecule has 1 aromatic heterocycles. The second-order valence-corrected chi connectivity index (χ2v) is 10.6. The van der Waals surface area contributed by atoms with Gasteiger partial charge >= 0.3 is 0 Å². The number of likely N-dealkylation sites (tertiary alicyclic amines) is 1. The van der Waals surface area contributed by atoms with Crippen LogP contribution in [0.3, 0.4) is 0 Å². The SMILES string of the molecule is CC(C)c1nnc(N2CC(C(=O)NC3(CN4CCCCC4)CCCCC3)CC2=O)s1. The molecule has 30 heavy (non-hydrogen) atoms. The Hall–Kier alpha value is -1.54. The minimum Gasteiger partial charge on any atom is -0.349 e. The number of anilines is 1. The number of hydrogen-bond donors (Lipinski definition) is 1. The fourth-order valence-corrected chi connectivity index (χ4v) is 5.97. The van der Waals surface area contributed by atoms with Crippen LogP contribution in [-0.2, 0) is 9.59 Å². The number of carbonyl (C=O) groups excluding carboxylic acids is 2. The minimum atomic E-state index is -0.302. The molecule has 166 valence electrons. The van der Waals surface area contributed by atoms with Crippen LogP contribution in [0.4, 0.5) is 5.13 Å². The molecule has 8 heteroatoms. The molecule has 0 radical (unpaired) electrons. The predicted molar refractivity (Wildman–Crippen MR) is 119 cm³/mol. The number of piperidine rings is 1. The van der Waals surface area contributed by atoms with Gasteiger partial charge in [0.05, 0.1) is 11.5 Å². The third kappa shape index (κ3) is 4.85. The molecule has 2 saturated heterocycles. The predicted octanol–water partition coefficient (Wildman–Crippen LogP) is 3.32. The number of amides is 2. The van der Waals surface area contributed by atoms with Crippen molar-refractivity contribution in [2.45, 2.75) is 83.1 Å². The maximum atomic E-state index is 13.3. The lowest BCUT2D eigenvalue weighted by molar-refractivity contribution is -0.128. The largest absolute Gasteiger partial charge is 0.349 e. The van der Waals surface area contributed by atoms with Crippen molar-refractivity contribution in [3.63, 3.8) is 0 Å². The van der Waals surface area contributed by atoms with Gasteiger partial charge in [-0.15, -0.1) is 10.2 Å². The summed E-state index contributed by atoms with van der Waals surface area (Å²) in [6, 6.07) is 0. The van der Waals surface area contributed by atoms with E-state index in [9.17, 15) is 9.59 Å². The summed E-state index contributed by atoms with van der Waals surface area (Å²) >= 11 is 1.46. The highest BCUT2D eigenvalue weighted by atomic mass is 32.1. The fraction of sp³-hybridized carbons (Fsp3) is 0.818. The molecule has 0 aromatic carbocycles. The molecule has 3 aliphatic rings. The van der Waals surface area contributed by atoms with Crippen LogP contribution >= 0.6 is 11.3 Å². The first kappa shape index (κ1) is 21.7. The second kappa shape index (κ2) is 9.30. The number of carbonyl (C=O) groups is 2. The van der Waals surface area contributed by atoms with E-state index >= 15 is 0 Å². The average molecular weight is 434 g/mol. The molecule has 1 N–H and O–H groups in total. The summed E-state index contributed by atoms with van der Waals surface area (Å²) in [5, 5.41) is 13.4. The zero-order valence-corrected chi connectivity index (χ0v) is 19.2. The van der Waals surface area contributed by atoms with Gasteiger partial charge in [0.15, 0.2) is 0 Å². The second-order valence-electron chi connectivity index (χ2n) is 9.65. The number of nitrogens with zero attached hydrogens (tertiary/aromatic N) is 4. The Labute approximate surface area is 183 Å². The van der Waals surface area contributed by atoms with Crippen LogP contribution < -0.4 is 10.2 Å². The minimum absolute atomic E-state index is 0.0182. The molecule has 1 aliphatic carbocycles. The molecule has 3 heterocycles. The quantitative estimate of drug-likeness (QED) is 0.745. The maximum absolute atomic E-state index is 13.3. The van der Waals surface area contributed by atoms with Crippen LogP contribution in [0.2, 0.25) is 0 Å². The van der Waals surface area contributed by atoms with Crippen LogP contribution in [-0.4, -0.2) is 58.6 Å². The van der Waals surface area contributed by atoms with Gasteiger partial charge in [-0.1, -0.05) is 50.9 Å². The summed E-state index contributed by atoms with van der Waals surface area (Å²) < 4.78 is 0. The van der Waals surface area contributed by atoms with Crippen LogP contribution in [0.25, 0.3) is 0 Å². The normalized spacial score (nSPS) is 25.1. The summed E-state index contributed by atoms with van der Waals surface area (Å²) in [6.45, 7) is 7.79. The molecule has 0 bridgehead atoms. The monoisotopic (exact) mass is 433 g/mol. The van der Waals surface area contributed by atoms with E-state index in [1.165, 1.54) is 49.9 Å². The Morgan fingerprint density at radius 2 is 1.83 bits per heavy atom. The summed E-state index contributed by atoms with van der Waals surface area (Å²) in [5.74, 6) is 0.00624. The third-order valence-electron chi connectivity index (χ3n) is 6.82. The first-order valence-corrected chi connectivity index (χ1v) is 12.5. The molecule has 1 unspecified atom stereocenters. The van der Waals surface area contributed by atoms with Crippen LogP contribution in [0.5, 0.6) is 0 Å². The van der Waals surface area contributed by atoms with Gasteiger partial charge < -0.3 is 10.2 Å². The maximum Gasteiger partial charge on any atom is 0.229 e. The molecule has 3 fully saturated rings. The van der Waals surface area contributed by atoms with E-state index in [0.717, 1.165) is 37.5 Å². The zero-order chi connectivity index (χ0) is 21.1. The highest BCUT2D eigenvalue weighted by molar-refractivity contribution is 7.15. The van der Waals surface area contributed by atoms with Crippen molar-refractivity contribution in [1.29, 1.82) is 0 Å². The van der Waals surface area contributed by atoms with E-state index in [2.05, 4.69) is 34.3 Å². The molecule has 4 rings (SSSR count). The molecule has 2 aliphatic heterocycles. The van der Waals surface area contributed by atoms with Crippen LogP contribution in [0.15, 0.2) is 0 Å². The highest BCUT2D eigenvalue weighted by Crippen LogP contribution is 2.33. The molecule has 1 atom stereocenters. The number of rotatable bonds is 6. The first-order chi connectivity index (χ1) is 14.5. The van der Waals surface area contributed by atoms with E-state index < -0.39 is 0 Å². The van der Waals surface area contributed by atoms with Crippen molar-refractivity contribution in [3.05, 3.63) is 5.01 Å². The van der Waals surface area contributed by atoms with Gasteiger partial charge in [0.25, 0.3) is 0 Å². The standard InChI is InChI=1S/C22H35N5O2S/c1-16(2)20-24-25-21(30-20)27-14-17(13-18(27)28)19(29)23-22(9-5-3-6-10-22)15-26-11-7-4-8-12-26/h16-17H,3-15H2,1-2H3,(H,23,29). The summed E-state index contributed by atoms with van der Waals surface area (Å²) in [5.41, 5.74) is -0.128. The molecule has 1 saturated carbocycles. The molecular formula is C22H35N5O2S. The topological polar surface area (TPSA) is 78.4 Å². The Bertz CT molecular complexity index is 752. The molecule has 7 nitrogen and oxygen atoms in total. The summed E-state index contributed by atoms with van der Waals surface area (Å²) in [7, 11) is 0. The van der Waals surface area contributed by atoms with E-state index in [0.29, 0.717) is 11.7 Å². The van der Waals surface area contributed by atoms with Crippen LogP contribution in [0, 0.1) is 5.92 Å². The van der Waals surface area contributed by atoms with Gasteiger partial charge in [0, 0.05) is 25.4 Å². The fourth-order valence-electron chi connectivity index (χ4n) is 5.10. The lowest BCUT2D eigenvalue weighted by atomic mass is 9.80. The van der Waals surface area contributed by atoms with Gasteiger partial charge in [-0.2, -0.15) is 0 Å². The Balaban J connectivity index is 1.41. The van der Waals surface area contributed by atoms with Crippen LogP contribution in [0.1, 0.15) is 82.6 Å². The van der Waals surface area contributed by atoms with E-state index in [4.69, 9.17) is 0 Å². The third-order valence-corrected chi connectivity index (χ3v) is 8.07. The van der Waals surface area contributed by atoms with Gasteiger partial charge in [-0.05, 0) is 38.8 Å². The summed E-state index contributed by atoms with van der Waals surface area (Å²) in [4.78, 5) is 30.1. The van der Waals surface area contributed by atoms with Gasteiger partial charge in [0.1, 0.15) is 5.01 Å². The van der Waals surface area contributed by atoms with Crippen molar-refractivity contribution in [3.8, 4) is 0 Å². The average Bonchev–Trinajstić information content (AvgIpc) is 3.36. The summed E-state index contributed by atoms with van der Waals surface area (Å²) in [6.07, 6.45) is 9.80. The smallest absolute Gasteiger partial charge is 0.229 e.